The Labute approximate surface area is 134 Å². The van der Waals surface area contributed by atoms with Crippen molar-refractivity contribution < 1.29 is 22.7 Å². The summed E-state index contributed by atoms with van der Waals surface area (Å²) in [5, 5.41) is 6.40. The lowest BCUT2D eigenvalue weighted by atomic mass is 10.2. The quantitative estimate of drug-likeness (QED) is 0.852. The molecule has 2 aromatic heterocycles. The molecular weight excluding hydrogens is 329 g/mol. The highest BCUT2D eigenvalue weighted by Gasteiger charge is 2.14. The number of carbonyl (C=O) groups is 1. The van der Waals surface area contributed by atoms with Gasteiger partial charge in [0.15, 0.2) is 0 Å². The van der Waals surface area contributed by atoms with E-state index >= 15 is 0 Å². The maximum atomic E-state index is 14.0. The first-order valence-electron chi connectivity index (χ1n) is 6.86. The minimum atomic E-state index is -3.13. The van der Waals surface area contributed by atoms with E-state index in [1.807, 2.05) is 0 Å². The zero-order valence-corrected chi connectivity index (χ0v) is 12.5. The van der Waals surface area contributed by atoms with Crippen LogP contribution in [0.1, 0.15) is 6.92 Å². The molecule has 24 heavy (non-hydrogen) atoms. The van der Waals surface area contributed by atoms with Crippen LogP contribution in [0.25, 0.3) is 11.3 Å². The van der Waals surface area contributed by atoms with Gasteiger partial charge in [0, 0.05) is 24.9 Å². The van der Waals surface area contributed by atoms with E-state index in [0.717, 1.165) is 16.9 Å². The summed E-state index contributed by atoms with van der Waals surface area (Å²) in [5.41, 5.74) is -0.648. The first kappa shape index (κ1) is 17.4. The Balaban J connectivity index is 2.32. The van der Waals surface area contributed by atoms with Crippen molar-refractivity contribution in [2.24, 2.45) is 0 Å². The number of alkyl halides is 2. The first-order chi connectivity index (χ1) is 11.4. The molecule has 7 nitrogen and oxygen atoms in total. The number of pyridine rings is 1. The third-order valence-electron chi connectivity index (χ3n) is 2.85. The maximum absolute atomic E-state index is 14.0. The van der Waals surface area contributed by atoms with Crippen LogP contribution in [-0.4, -0.2) is 33.8 Å². The molecule has 128 valence electrons. The summed E-state index contributed by atoms with van der Waals surface area (Å²) < 4.78 is 43.1. The Morgan fingerprint density at radius 1 is 1.42 bits per heavy atom. The van der Waals surface area contributed by atoms with Crippen LogP contribution in [0.15, 0.2) is 29.2 Å². The van der Waals surface area contributed by atoms with Gasteiger partial charge < -0.3 is 10.1 Å². The highest BCUT2D eigenvalue weighted by atomic mass is 19.3. The fourth-order valence-corrected chi connectivity index (χ4v) is 1.85. The molecule has 0 radical (unpaired) electrons. The van der Waals surface area contributed by atoms with E-state index in [1.165, 1.54) is 6.07 Å². The van der Waals surface area contributed by atoms with E-state index < -0.39 is 29.8 Å². The molecule has 2 rings (SSSR count). The lowest BCUT2D eigenvalue weighted by Gasteiger charge is -2.09. The van der Waals surface area contributed by atoms with Crippen molar-refractivity contribution in [3.05, 3.63) is 40.6 Å². The predicted octanol–water partition coefficient (Wildman–Crippen LogP) is 1.18. The molecule has 0 bridgehead atoms. The normalized spacial score (nSPS) is 10.7. The number of hydrogen-bond acceptors (Lipinski definition) is 5. The molecule has 2 aromatic rings. The van der Waals surface area contributed by atoms with Crippen LogP contribution in [0.3, 0.4) is 0 Å². The second-order valence-corrected chi connectivity index (χ2v) is 4.55. The van der Waals surface area contributed by atoms with Crippen LogP contribution in [0.4, 0.5) is 13.2 Å². The van der Waals surface area contributed by atoms with Crippen LogP contribution >= 0.6 is 0 Å². The van der Waals surface area contributed by atoms with Crippen molar-refractivity contribution in [3.63, 3.8) is 0 Å². The van der Waals surface area contributed by atoms with E-state index in [1.54, 1.807) is 6.92 Å². The topological polar surface area (TPSA) is 86.1 Å². The van der Waals surface area contributed by atoms with E-state index in [-0.39, 0.29) is 17.8 Å². The lowest BCUT2D eigenvalue weighted by molar-refractivity contribution is -0.121. The van der Waals surface area contributed by atoms with Gasteiger partial charge in [0.2, 0.25) is 11.8 Å². The highest BCUT2D eigenvalue weighted by molar-refractivity contribution is 5.75. The van der Waals surface area contributed by atoms with Crippen molar-refractivity contribution in [1.82, 2.24) is 20.1 Å². The van der Waals surface area contributed by atoms with Gasteiger partial charge in [0.1, 0.15) is 12.4 Å². The molecule has 0 saturated carbocycles. The molecule has 0 spiro atoms. The molecule has 0 fully saturated rings. The zero-order valence-electron chi connectivity index (χ0n) is 12.5. The SMILES string of the molecule is CCNC(=O)Cn1nc(-c2cnc(OC(F)F)cc2F)ccc1=O. The van der Waals surface area contributed by atoms with E-state index in [0.29, 0.717) is 12.6 Å². The number of likely N-dealkylation sites (N-methyl/N-ethyl adjacent to an activating group) is 1. The van der Waals surface area contributed by atoms with E-state index in [4.69, 9.17) is 0 Å². The van der Waals surface area contributed by atoms with E-state index in [2.05, 4.69) is 20.1 Å². The molecule has 0 aliphatic rings. The highest BCUT2D eigenvalue weighted by Crippen LogP contribution is 2.22. The molecule has 10 heteroatoms. The summed E-state index contributed by atoms with van der Waals surface area (Å²) in [6, 6.07) is 3.04. The number of halogens is 3. The van der Waals surface area contributed by atoms with Crippen LogP contribution in [-0.2, 0) is 11.3 Å². The van der Waals surface area contributed by atoms with Gasteiger partial charge >= 0.3 is 6.61 Å². The summed E-state index contributed by atoms with van der Waals surface area (Å²) in [5.74, 6) is -1.92. The van der Waals surface area contributed by atoms with Crippen LogP contribution in [0, 0.1) is 5.82 Å². The van der Waals surface area contributed by atoms with Crippen molar-refractivity contribution in [2.75, 3.05) is 6.54 Å². The third kappa shape index (κ3) is 4.31. The number of rotatable bonds is 6. The maximum Gasteiger partial charge on any atom is 0.388 e. The van der Waals surface area contributed by atoms with Gasteiger partial charge in [0.25, 0.3) is 5.56 Å². The van der Waals surface area contributed by atoms with Crippen LogP contribution in [0.5, 0.6) is 5.88 Å². The summed E-state index contributed by atoms with van der Waals surface area (Å²) in [6.07, 6.45) is 0.955. The Kier molecular flexibility index (Phi) is 5.51. The molecule has 1 amide bonds. The van der Waals surface area contributed by atoms with Crippen LogP contribution < -0.4 is 15.6 Å². The van der Waals surface area contributed by atoms with Crippen molar-refractivity contribution in [2.45, 2.75) is 20.1 Å². The van der Waals surface area contributed by atoms with Gasteiger partial charge in [-0.15, -0.1) is 0 Å². The first-order valence-corrected chi connectivity index (χ1v) is 6.86. The van der Waals surface area contributed by atoms with Gasteiger partial charge in [0.05, 0.1) is 11.3 Å². The Hall–Kier alpha value is -2.91. The smallest absolute Gasteiger partial charge is 0.388 e. The molecule has 0 atom stereocenters. The molecule has 0 unspecified atom stereocenters. The molecular formula is C14H13F3N4O3. The van der Waals surface area contributed by atoms with Gasteiger partial charge in [-0.05, 0) is 13.0 Å². The average molecular weight is 342 g/mol. The fourth-order valence-electron chi connectivity index (χ4n) is 1.85. The van der Waals surface area contributed by atoms with Crippen molar-refractivity contribution >= 4 is 5.91 Å². The summed E-state index contributed by atoms with van der Waals surface area (Å²) in [4.78, 5) is 26.8. The molecule has 0 aliphatic heterocycles. The Bertz CT molecular complexity index is 795. The molecule has 0 saturated heterocycles. The lowest BCUT2D eigenvalue weighted by Crippen LogP contribution is -2.33. The molecule has 1 N–H and O–H groups in total. The third-order valence-corrected chi connectivity index (χ3v) is 2.85. The largest absolute Gasteiger partial charge is 0.417 e. The number of aromatic nitrogens is 3. The number of hydrogen-bond donors (Lipinski definition) is 1. The average Bonchev–Trinajstić information content (AvgIpc) is 2.49. The van der Waals surface area contributed by atoms with Gasteiger partial charge in [-0.1, -0.05) is 0 Å². The van der Waals surface area contributed by atoms with Crippen molar-refractivity contribution in [3.8, 4) is 17.1 Å². The summed E-state index contributed by atoms with van der Waals surface area (Å²) >= 11 is 0. The van der Waals surface area contributed by atoms with Gasteiger partial charge in [-0.25, -0.2) is 14.1 Å². The summed E-state index contributed by atoms with van der Waals surface area (Å²) in [6.45, 7) is -1.35. The standard InChI is InChI=1S/C14H13F3N4O3/c1-2-18-11(22)7-21-13(23)4-3-10(20-21)8-6-19-12(5-9(8)15)24-14(16)17/h3-6,14H,2,7H2,1H3,(H,18,22). The monoisotopic (exact) mass is 342 g/mol. The second-order valence-electron chi connectivity index (χ2n) is 4.55. The number of nitrogens with zero attached hydrogens (tertiary/aromatic N) is 3. The predicted molar refractivity (Wildman–Crippen MR) is 77.0 cm³/mol. The zero-order chi connectivity index (χ0) is 17.7. The van der Waals surface area contributed by atoms with E-state index in [9.17, 15) is 22.8 Å². The number of ether oxygens (including phenoxy) is 1. The Morgan fingerprint density at radius 2 is 2.17 bits per heavy atom. The molecule has 0 aliphatic carbocycles. The number of nitrogens with one attached hydrogen (secondary N) is 1. The molecule has 2 heterocycles. The minimum absolute atomic E-state index is 0.0208. The van der Waals surface area contributed by atoms with Gasteiger partial charge in [-0.2, -0.15) is 13.9 Å². The molecule has 0 aromatic carbocycles. The van der Waals surface area contributed by atoms with Gasteiger partial charge in [-0.3, -0.25) is 9.59 Å². The summed E-state index contributed by atoms with van der Waals surface area (Å²) in [7, 11) is 0. The second kappa shape index (κ2) is 7.57. The van der Waals surface area contributed by atoms with Crippen molar-refractivity contribution in [1.29, 1.82) is 0 Å². The Morgan fingerprint density at radius 3 is 2.79 bits per heavy atom. The minimum Gasteiger partial charge on any atom is -0.417 e. The number of amides is 1. The number of carbonyl (C=O) groups excluding carboxylic acids is 1. The van der Waals surface area contributed by atoms with Crippen LogP contribution in [0.2, 0.25) is 0 Å². The fraction of sp³-hybridized carbons (Fsp3) is 0.286.